The first-order valence-electron chi connectivity index (χ1n) is 5.75. The number of carboxylic acid groups (broad SMARTS) is 1. The van der Waals surface area contributed by atoms with Gasteiger partial charge >= 0.3 is 5.97 Å². The number of phenolic OH excluding ortho intramolecular Hbond substituents is 1. The van der Waals surface area contributed by atoms with E-state index >= 15 is 0 Å². The first-order valence-corrected chi connectivity index (χ1v) is 5.75. The van der Waals surface area contributed by atoms with Crippen LogP contribution in [0.15, 0.2) is 18.2 Å². The van der Waals surface area contributed by atoms with Gasteiger partial charge in [-0.05, 0) is 18.2 Å². The number of phenols is 1. The molecule has 1 aromatic heterocycles. The van der Waals surface area contributed by atoms with Gasteiger partial charge in [0.25, 0.3) is 0 Å². The van der Waals surface area contributed by atoms with Gasteiger partial charge in [-0.1, -0.05) is 0 Å². The number of fused-ring (bicyclic) bond motifs is 2. The van der Waals surface area contributed by atoms with E-state index in [4.69, 9.17) is 0 Å². The Morgan fingerprint density at radius 2 is 2.22 bits per heavy atom. The minimum absolute atomic E-state index is 0.0514. The number of aromatic nitrogens is 1. The molecule has 0 amide bonds. The highest BCUT2D eigenvalue weighted by atomic mass is 16.4. The van der Waals surface area contributed by atoms with Crippen LogP contribution in [0, 0.1) is 0 Å². The number of carbonyl (C=O) groups is 1. The van der Waals surface area contributed by atoms with Crippen molar-refractivity contribution in [2.75, 3.05) is 6.54 Å². The molecule has 1 aliphatic rings. The van der Waals surface area contributed by atoms with Gasteiger partial charge in [0.1, 0.15) is 5.75 Å². The van der Waals surface area contributed by atoms with Crippen LogP contribution in [0.3, 0.4) is 0 Å². The third kappa shape index (κ3) is 1.60. The van der Waals surface area contributed by atoms with E-state index in [0.29, 0.717) is 17.4 Å². The fraction of sp³-hybridized carbons (Fsp3) is 0.231. The maximum absolute atomic E-state index is 11.5. The Morgan fingerprint density at radius 1 is 1.39 bits per heavy atom. The smallest absolute Gasteiger partial charge is 0.336 e. The molecule has 5 nitrogen and oxygen atoms in total. The summed E-state index contributed by atoms with van der Waals surface area (Å²) >= 11 is 0. The van der Waals surface area contributed by atoms with Crippen molar-refractivity contribution in [1.82, 2.24) is 10.3 Å². The molecule has 3 N–H and O–H groups in total. The van der Waals surface area contributed by atoms with Crippen LogP contribution in [0.4, 0.5) is 0 Å². The summed E-state index contributed by atoms with van der Waals surface area (Å²) in [5, 5.41) is 22.5. The zero-order valence-corrected chi connectivity index (χ0v) is 9.60. The Morgan fingerprint density at radius 3 is 3.00 bits per heavy atom. The molecule has 0 aliphatic carbocycles. The van der Waals surface area contributed by atoms with Crippen LogP contribution in [-0.2, 0) is 13.0 Å². The molecule has 0 unspecified atom stereocenters. The third-order valence-electron chi connectivity index (χ3n) is 3.21. The fourth-order valence-corrected chi connectivity index (χ4v) is 2.40. The molecule has 0 radical (unpaired) electrons. The topological polar surface area (TPSA) is 82.5 Å². The predicted molar refractivity (Wildman–Crippen MR) is 65.8 cm³/mol. The number of nitrogens with one attached hydrogen (secondary N) is 1. The van der Waals surface area contributed by atoms with Crippen molar-refractivity contribution in [2.24, 2.45) is 0 Å². The molecule has 0 saturated carbocycles. The van der Waals surface area contributed by atoms with E-state index in [-0.39, 0.29) is 11.3 Å². The minimum Gasteiger partial charge on any atom is -0.508 e. The van der Waals surface area contributed by atoms with Gasteiger partial charge < -0.3 is 15.5 Å². The number of aromatic carboxylic acids is 1. The van der Waals surface area contributed by atoms with Crippen LogP contribution in [0.1, 0.15) is 21.6 Å². The lowest BCUT2D eigenvalue weighted by molar-refractivity contribution is 0.0697. The van der Waals surface area contributed by atoms with Crippen LogP contribution in [-0.4, -0.2) is 27.7 Å². The average molecular weight is 244 g/mol. The highest BCUT2D eigenvalue weighted by molar-refractivity contribution is 6.04. The van der Waals surface area contributed by atoms with E-state index in [0.717, 1.165) is 24.2 Å². The SMILES string of the molecule is O=C(O)c1c2c(nc3ccc(O)cc13)CCNC2. The number of pyridine rings is 1. The number of nitrogens with zero attached hydrogens (tertiary/aromatic N) is 1. The van der Waals surface area contributed by atoms with Gasteiger partial charge in [-0.2, -0.15) is 0 Å². The lowest BCUT2D eigenvalue weighted by atomic mass is 9.96. The van der Waals surface area contributed by atoms with Gasteiger partial charge in [0.15, 0.2) is 0 Å². The van der Waals surface area contributed by atoms with Crippen LogP contribution in [0.2, 0.25) is 0 Å². The summed E-state index contributed by atoms with van der Waals surface area (Å²) in [4.78, 5) is 15.9. The molecule has 0 bridgehead atoms. The Balaban J connectivity index is 2.41. The maximum atomic E-state index is 11.5. The molecule has 3 rings (SSSR count). The number of benzene rings is 1. The summed E-state index contributed by atoms with van der Waals surface area (Å²) in [7, 11) is 0. The van der Waals surface area contributed by atoms with Gasteiger partial charge in [-0.3, -0.25) is 4.98 Å². The quantitative estimate of drug-likeness (QED) is 0.704. The van der Waals surface area contributed by atoms with Gasteiger partial charge in [0, 0.05) is 36.2 Å². The Kier molecular flexibility index (Phi) is 2.41. The molecule has 1 aromatic carbocycles. The molecule has 92 valence electrons. The van der Waals surface area contributed by atoms with Crippen molar-refractivity contribution < 1.29 is 15.0 Å². The second-order valence-electron chi connectivity index (χ2n) is 4.35. The summed E-state index contributed by atoms with van der Waals surface area (Å²) < 4.78 is 0. The van der Waals surface area contributed by atoms with E-state index in [2.05, 4.69) is 10.3 Å². The van der Waals surface area contributed by atoms with E-state index in [1.807, 2.05) is 0 Å². The van der Waals surface area contributed by atoms with E-state index in [1.54, 1.807) is 6.07 Å². The Hall–Kier alpha value is -2.14. The van der Waals surface area contributed by atoms with Crippen molar-refractivity contribution in [3.63, 3.8) is 0 Å². The molecule has 1 aliphatic heterocycles. The summed E-state index contributed by atoms with van der Waals surface area (Å²) in [6, 6.07) is 4.63. The average Bonchev–Trinajstić information content (AvgIpc) is 2.35. The standard InChI is InChI=1S/C13H12N2O3/c16-7-1-2-10-8(5-7)12(13(17)18)9-6-14-4-3-11(9)15-10/h1-2,5,14,16H,3-4,6H2,(H,17,18). The monoisotopic (exact) mass is 244 g/mol. The number of rotatable bonds is 1. The number of carboxylic acids is 1. The van der Waals surface area contributed by atoms with Crippen molar-refractivity contribution in [3.8, 4) is 5.75 Å². The number of hydrogen-bond acceptors (Lipinski definition) is 4. The van der Waals surface area contributed by atoms with E-state index in [9.17, 15) is 15.0 Å². The largest absolute Gasteiger partial charge is 0.508 e. The molecule has 0 spiro atoms. The third-order valence-corrected chi connectivity index (χ3v) is 3.21. The minimum atomic E-state index is -0.979. The predicted octanol–water partition coefficient (Wildman–Crippen LogP) is 1.28. The zero-order valence-electron chi connectivity index (χ0n) is 9.60. The second kappa shape index (κ2) is 3.96. The van der Waals surface area contributed by atoms with E-state index in [1.165, 1.54) is 12.1 Å². The molecule has 2 heterocycles. The van der Waals surface area contributed by atoms with Crippen LogP contribution in [0.5, 0.6) is 5.75 Å². The molecule has 0 saturated heterocycles. The molecule has 18 heavy (non-hydrogen) atoms. The highest BCUT2D eigenvalue weighted by Gasteiger charge is 2.22. The highest BCUT2D eigenvalue weighted by Crippen LogP contribution is 2.28. The number of hydrogen-bond donors (Lipinski definition) is 3. The molecule has 5 heteroatoms. The molecule has 0 atom stereocenters. The fourth-order valence-electron chi connectivity index (χ4n) is 2.40. The normalized spacial score (nSPS) is 14.4. The van der Waals surface area contributed by atoms with Crippen LogP contribution in [0.25, 0.3) is 10.9 Å². The Labute approximate surface area is 103 Å². The summed E-state index contributed by atoms with van der Waals surface area (Å²) in [5.74, 6) is -0.927. The second-order valence-corrected chi connectivity index (χ2v) is 4.35. The zero-order chi connectivity index (χ0) is 12.7. The molecular weight excluding hydrogens is 232 g/mol. The van der Waals surface area contributed by atoms with Crippen LogP contribution < -0.4 is 5.32 Å². The maximum Gasteiger partial charge on any atom is 0.336 e. The van der Waals surface area contributed by atoms with Crippen molar-refractivity contribution in [3.05, 3.63) is 35.0 Å². The summed E-state index contributed by atoms with van der Waals surface area (Å²) in [6.07, 6.45) is 0.729. The molecular formula is C13H12N2O3. The molecule has 2 aromatic rings. The summed E-state index contributed by atoms with van der Waals surface area (Å²) in [6.45, 7) is 1.32. The first-order chi connectivity index (χ1) is 8.66. The van der Waals surface area contributed by atoms with Gasteiger partial charge in [-0.25, -0.2) is 4.79 Å². The number of aromatic hydroxyl groups is 1. The van der Waals surface area contributed by atoms with Crippen LogP contribution >= 0.6 is 0 Å². The van der Waals surface area contributed by atoms with Crippen molar-refractivity contribution in [2.45, 2.75) is 13.0 Å². The van der Waals surface area contributed by atoms with Gasteiger partial charge in [0.2, 0.25) is 0 Å². The molecule has 0 fully saturated rings. The lowest BCUT2D eigenvalue weighted by Gasteiger charge is -2.19. The van der Waals surface area contributed by atoms with Crippen molar-refractivity contribution >= 4 is 16.9 Å². The van der Waals surface area contributed by atoms with Gasteiger partial charge in [0.05, 0.1) is 11.1 Å². The van der Waals surface area contributed by atoms with Gasteiger partial charge in [-0.15, -0.1) is 0 Å². The lowest BCUT2D eigenvalue weighted by Crippen LogP contribution is -2.27. The first kappa shape index (κ1) is 11.0. The Bertz CT molecular complexity index is 652. The summed E-state index contributed by atoms with van der Waals surface area (Å²) in [5.41, 5.74) is 2.43. The van der Waals surface area contributed by atoms with E-state index < -0.39 is 5.97 Å². The van der Waals surface area contributed by atoms with Crippen molar-refractivity contribution in [1.29, 1.82) is 0 Å².